The highest BCUT2D eigenvalue weighted by atomic mass is 35.5. The Kier molecular flexibility index (Phi) is 4.25. The molecule has 1 aliphatic rings. The summed E-state index contributed by atoms with van der Waals surface area (Å²) in [6.07, 6.45) is 0.218. The quantitative estimate of drug-likeness (QED) is 0.566. The summed E-state index contributed by atoms with van der Waals surface area (Å²) in [4.78, 5) is 0. The van der Waals surface area contributed by atoms with Crippen LogP contribution in [0.25, 0.3) is 21.9 Å². The van der Waals surface area contributed by atoms with Crippen LogP contribution in [-0.4, -0.2) is 20.1 Å². The number of methoxy groups -OCH3 is 1. The van der Waals surface area contributed by atoms with Crippen molar-refractivity contribution in [2.45, 2.75) is 32.2 Å². The lowest BCUT2D eigenvalue weighted by atomic mass is 9.35. The summed E-state index contributed by atoms with van der Waals surface area (Å²) in [5.41, 5.74) is 3.38. The molecule has 4 rings (SSSR count). The molecule has 1 atom stereocenters. The molecule has 0 amide bonds. The van der Waals surface area contributed by atoms with Crippen LogP contribution in [0.2, 0.25) is 10.3 Å². The molecule has 3 aromatic rings. The van der Waals surface area contributed by atoms with Crippen molar-refractivity contribution >= 4 is 34.8 Å². The maximum Gasteiger partial charge on any atom is 0.336 e. The monoisotopic (exact) mass is 364 g/mol. The molecular formula is C22H22BClO2. The van der Waals surface area contributed by atoms with Crippen molar-refractivity contribution in [3.05, 3.63) is 59.6 Å². The van der Waals surface area contributed by atoms with E-state index >= 15 is 0 Å². The van der Waals surface area contributed by atoms with Crippen molar-refractivity contribution in [2.24, 2.45) is 0 Å². The number of hydrogen-bond acceptors (Lipinski definition) is 2. The summed E-state index contributed by atoms with van der Waals surface area (Å²) in [5.74, 6) is 0.861. The van der Waals surface area contributed by atoms with Gasteiger partial charge in [0, 0.05) is 16.7 Å². The fourth-order valence-electron chi connectivity index (χ4n) is 3.83. The van der Waals surface area contributed by atoms with E-state index in [-0.39, 0.29) is 18.3 Å². The number of hydrogen-bond donors (Lipinski definition) is 0. The Labute approximate surface area is 160 Å². The van der Waals surface area contributed by atoms with Gasteiger partial charge in [0.15, 0.2) is 0 Å². The molecule has 3 aromatic carbocycles. The maximum atomic E-state index is 6.25. The van der Waals surface area contributed by atoms with E-state index in [9.17, 15) is 0 Å². The van der Waals surface area contributed by atoms with E-state index in [2.05, 4.69) is 51.1 Å². The molecule has 0 aliphatic carbocycles. The van der Waals surface area contributed by atoms with Gasteiger partial charge in [0.25, 0.3) is 0 Å². The Hall–Kier alpha value is -1.97. The molecule has 2 nitrogen and oxygen atoms in total. The van der Waals surface area contributed by atoms with Crippen LogP contribution in [0.1, 0.15) is 20.8 Å². The van der Waals surface area contributed by atoms with Gasteiger partial charge in [0.05, 0.1) is 7.11 Å². The van der Waals surface area contributed by atoms with Gasteiger partial charge in [-0.1, -0.05) is 61.8 Å². The zero-order valence-electron chi connectivity index (χ0n) is 15.5. The molecule has 26 heavy (non-hydrogen) atoms. The predicted molar refractivity (Wildman–Crippen MR) is 111 cm³/mol. The van der Waals surface area contributed by atoms with Gasteiger partial charge in [-0.2, -0.15) is 0 Å². The molecule has 1 aliphatic heterocycles. The summed E-state index contributed by atoms with van der Waals surface area (Å²) in [5, 5.41) is 3.15. The fraction of sp³-hybridized carbons (Fsp3) is 0.273. The van der Waals surface area contributed by atoms with Gasteiger partial charge in [0.2, 0.25) is 0 Å². The average molecular weight is 365 g/mol. The lowest BCUT2D eigenvalue weighted by Crippen LogP contribution is -2.60. The van der Waals surface area contributed by atoms with Crippen LogP contribution in [0, 0.1) is 0 Å². The first kappa shape index (κ1) is 17.4. The van der Waals surface area contributed by atoms with Crippen LogP contribution in [0.3, 0.4) is 0 Å². The second-order valence-electron chi connectivity index (χ2n) is 7.58. The molecule has 0 bridgehead atoms. The first-order chi connectivity index (χ1) is 12.4. The molecule has 1 fully saturated rings. The van der Waals surface area contributed by atoms with E-state index in [0.29, 0.717) is 0 Å². The molecule has 1 heterocycles. The minimum absolute atomic E-state index is 0.0168. The zero-order valence-corrected chi connectivity index (χ0v) is 16.3. The summed E-state index contributed by atoms with van der Waals surface area (Å²) >= 11 is 6.12. The molecule has 132 valence electrons. The summed E-state index contributed by atoms with van der Waals surface area (Å²) in [7, 11) is 1.72. The van der Waals surface area contributed by atoms with Crippen molar-refractivity contribution in [2.75, 3.05) is 7.11 Å². The van der Waals surface area contributed by atoms with E-state index in [1.54, 1.807) is 7.11 Å². The van der Waals surface area contributed by atoms with Crippen molar-refractivity contribution in [3.8, 4) is 16.9 Å². The van der Waals surface area contributed by atoms with Crippen LogP contribution in [0.4, 0.5) is 0 Å². The van der Waals surface area contributed by atoms with E-state index in [1.807, 2.05) is 24.3 Å². The molecule has 1 saturated heterocycles. The highest BCUT2D eigenvalue weighted by molar-refractivity contribution is 6.76. The summed E-state index contributed by atoms with van der Waals surface area (Å²) < 4.78 is 12.1. The largest absolute Gasteiger partial charge is 0.496 e. The van der Waals surface area contributed by atoms with Crippen LogP contribution in [0.5, 0.6) is 5.75 Å². The topological polar surface area (TPSA) is 18.5 Å². The number of fused-ring (bicyclic) bond motifs is 1. The predicted octanol–water partition coefficient (Wildman–Crippen LogP) is 5.57. The molecule has 0 radical (unpaired) electrons. The van der Waals surface area contributed by atoms with E-state index in [1.165, 1.54) is 10.8 Å². The minimum atomic E-state index is 0.0168. The Bertz CT molecular complexity index is 966. The van der Waals surface area contributed by atoms with Gasteiger partial charge in [0.1, 0.15) is 5.75 Å². The SMILES string of the molecule is COc1cc2ccccc2c(B2OC(C)C2(C)C)c1-c1ccc(Cl)cc1. The highest BCUT2D eigenvalue weighted by Gasteiger charge is 2.53. The van der Waals surface area contributed by atoms with Gasteiger partial charge < -0.3 is 9.39 Å². The number of ether oxygens (including phenoxy) is 1. The molecule has 4 heteroatoms. The van der Waals surface area contributed by atoms with Crippen molar-refractivity contribution in [3.63, 3.8) is 0 Å². The second kappa shape index (κ2) is 6.33. The molecule has 0 aromatic heterocycles. The van der Waals surface area contributed by atoms with Crippen LogP contribution >= 0.6 is 11.6 Å². The first-order valence-corrected chi connectivity index (χ1v) is 9.32. The minimum Gasteiger partial charge on any atom is -0.496 e. The standard InChI is InChI=1S/C22H22BClO2/c1-14-22(2,3)23(26-14)21-18-8-6-5-7-16(18)13-19(25-4)20(21)15-9-11-17(24)12-10-15/h5-14H,1-4H3. The Morgan fingerprint density at radius 3 is 2.38 bits per heavy atom. The first-order valence-electron chi connectivity index (χ1n) is 8.94. The lowest BCUT2D eigenvalue weighted by Gasteiger charge is -2.49. The molecule has 0 N–H and O–H groups in total. The Morgan fingerprint density at radius 1 is 1.08 bits per heavy atom. The Morgan fingerprint density at radius 2 is 1.77 bits per heavy atom. The third-order valence-electron chi connectivity index (χ3n) is 5.73. The normalized spacial score (nSPS) is 18.7. The van der Waals surface area contributed by atoms with Crippen LogP contribution < -0.4 is 10.2 Å². The van der Waals surface area contributed by atoms with Gasteiger partial charge in [-0.3, -0.25) is 0 Å². The van der Waals surface area contributed by atoms with Crippen LogP contribution in [0.15, 0.2) is 54.6 Å². The van der Waals surface area contributed by atoms with E-state index in [4.69, 9.17) is 21.0 Å². The smallest absolute Gasteiger partial charge is 0.336 e. The molecule has 0 saturated carbocycles. The average Bonchev–Trinajstić information content (AvgIpc) is 2.65. The molecule has 0 spiro atoms. The number of halogens is 1. The van der Waals surface area contributed by atoms with Crippen molar-refractivity contribution in [1.29, 1.82) is 0 Å². The van der Waals surface area contributed by atoms with Gasteiger partial charge in [-0.15, -0.1) is 0 Å². The lowest BCUT2D eigenvalue weighted by molar-refractivity contribution is 0.0941. The zero-order chi connectivity index (χ0) is 18.5. The van der Waals surface area contributed by atoms with Gasteiger partial charge in [-0.25, -0.2) is 0 Å². The number of benzene rings is 3. The van der Waals surface area contributed by atoms with E-state index < -0.39 is 0 Å². The van der Waals surface area contributed by atoms with Crippen molar-refractivity contribution in [1.82, 2.24) is 0 Å². The maximum absolute atomic E-state index is 6.25. The van der Waals surface area contributed by atoms with Crippen LogP contribution in [-0.2, 0) is 4.65 Å². The van der Waals surface area contributed by atoms with Gasteiger partial charge >= 0.3 is 6.92 Å². The fourth-order valence-corrected chi connectivity index (χ4v) is 3.96. The molecule has 1 unspecified atom stereocenters. The third kappa shape index (κ3) is 2.62. The van der Waals surface area contributed by atoms with Crippen molar-refractivity contribution < 1.29 is 9.39 Å². The Balaban J connectivity index is 2.05. The second-order valence-corrected chi connectivity index (χ2v) is 8.01. The number of rotatable bonds is 3. The third-order valence-corrected chi connectivity index (χ3v) is 5.98. The summed E-state index contributed by atoms with van der Waals surface area (Å²) in [6.45, 7) is 6.70. The highest BCUT2D eigenvalue weighted by Crippen LogP contribution is 2.47. The summed E-state index contributed by atoms with van der Waals surface area (Å²) in [6, 6.07) is 18.5. The van der Waals surface area contributed by atoms with E-state index in [0.717, 1.165) is 27.3 Å². The van der Waals surface area contributed by atoms with Gasteiger partial charge in [-0.05, 0) is 52.2 Å². The molecular weight excluding hydrogens is 343 g/mol.